The van der Waals surface area contributed by atoms with E-state index in [-0.39, 0.29) is 6.04 Å². The topological polar surface area (TPSA) is 24.1 Å². The van der Waals surface area contributed by atoms with Crippen LogP contribution in [-0.4, -0.2) is 5.11 Å². The van der Waals surface area contributed by atoms with Crippen molar-refractivity contribution in [3.05, 3.63) is 77.3 Å². The molecule has 23 heavy (non-hydrogen) atoms. The van der Waals surface area contributed by atoms with Gasteiger partial charge in [-0.3, -0.25) is 0 Å². The Morgan fingerprint density at radius 3 is 2.57 bits per heavy atom. The van der Waals surface area contributed by atoms with Crippen LogP contribution in [0.3, 0.4) is 0 Å². The fourth-order valence-electron chi connectivity index (χ4n) is 2.64. The number of benzene rings is 3. The first-order valence-electron chi connectivity index (χ1n) is 7.44. The van der Waals surface area contributed by atoms with Crippen LogP contribution >= 0.6 is 23.8 Å². The summed E-state index contributed by atoms with van der Waals surface area (Å²) in [4.78, 5) is 0. The Morgan fingerprint density at radius 1 is 1.00 bits per heavy atom. The van der Waals surface area contributed by atoms with E-state index >= 15 is 0 Å². The van der Waals surface area contributed by atoms with Crippen molar-refractivity contribution in [2.75, 3.05) is 5.32 Å². The van der Waals surface area contributed by atoms with E-state index in [1.807, 2.05) is 24.3 Å². The Hall–Kier alpha value is -2.10. The van der Waals surface area contributed by atoms with Crippen LogP contribution in [0, 0.1) is 0 Å². The van der Waals surface area contributed by atoms with E-state index in [2.05, 4.69) is 60.0 Å². The lowest BCUT2D eigenvalue weighted by Crippen LogP contribution is -2.31. The molecule has 0 bridgehead atoms. The number of fused-ring (bicyclic) bond motifs is 1. The molecule has 3 aromatic rings. The molecule has 0 aliphatic rings. The zero-order valence-electron chi connectivity index (χ0n) is 12.7. The number of halogens is 1. The van der Waals surface area contributed by atoms with E-state index < -0.39 is 0 Å². The molecule has 0 fully saturated rings. The number of hydrogen-bond donors (Lipinski definition) is 2. The van der Waals surface area contributed by atoms with Gasteiger partial charge in [0.2, 0.25) is 0 Å². The maximum Gasteiger partial charge on any atom is 0.171 e. The first-order chi connectivity index (χ1) is 11.1. The second-order valence-corrected chi connectivity index (χ2v) is 6.24. The van der Waals surface area contributed by atoms with Crippen LogP contribution in [0.25, 0.3) is 10.8 Å². The molecule has 4 heteroatoms. The quantitative estimate of drug-likeness (QED) is 0.612. The van der Waals surface area contributed by atoms with Gasteiger partial charge in [0.1, 0.15) is 0 Å². The third kappa shape index (κ3) is 3.81. The molecule has 0 heterocycles. The molecule has 116 valence electrons. The number of nitrogens with one attached hydrogen (secondary N) is 2. The smallest absolute Gasteiger partial charge is 0.171 e. The second-order valence-electron chi connectivity index (χ2n) is 5.40. The SMILES string of the molecule is C[C@H](NC(=S)Nc1cccc(Cl)c1)c1cccc2ccccc12. The summed E-state index contributed by atoms with van der Waals surface area (Å²) in [5.41, 5.74) is 2.10. The summed E-state index contributed by atoms with van der Waals surface area (Å²) in [6.45, 7) is 2.10. The fraction of sp³-hybridized carbons (Fsp3) is 0.105. The van der Waals surface area contributed by atoms with Crippen molar-refractivity contribution in [1.29, 1.82) is 0 Å². The average molecular weight is 341 g/mol. The van der Waals surface area contributed by atoms with Crippen molar-refractivity contribution in [2.24, 2.45) is 0 Å². The Bertz CT molecular complexity index is 842. The van der Waals surface area contributed by atoms with Crippen molar-refractivity contribution in [3.63, 3.8) is 0 Å². The summed E-state index contributed by atoms with van der Waals surface area (Å²) in [5, 5.41) is 10.2. The predicted molar refractivity (Wildman–Crippen MR) is 103 cm³/mol. The maximum atomic E-state index is 5.99. The van der Waals surface area contributed by atoms with Crippen molar-refractivity contribution in [1.82, 2.24) is 5.32 Å². The van der Waals surface area contributed by atoms with Gasteiger partial charge in [0.25, 0.3) is 0 Å². The lowest BCUT2D eigenvalue weighted by Gasteiger charge is -2.19. The molecule has 0 saturated carbocycles. The van der Waals surface area contributed by atoms with Crippen LogP contribution in [-0.2, 0) is 0 Å². The predicted octanol–water partition coefficient (Wildman–Crippen LogP) is 5.54. The van der Waals surface area contributed by atoms with E-state index in [4.69, 9.17) is 23.8 Å². The Balaban J connectivity index is 1.75. The molecule has 0 amide bonds. The number of hydrogen-bond acceptors (Lipinski definition) is 1. The van der Waals surface area contributed by atoms with Gasteiger partial charge < -0.3 is 10.6 Å². The van der Waals surface area contributed by atoms with Crippen LogP contribution in [0.5, 0.6) is 0 Å². The van der Waals surface area contributed by atoms with Gasteiger partial charge in [0, 0.05) is 10.7 Å². The summed E-state index contributed by atoms with van der Waals surface area (Å²) >= 11 is 11.4. The van der Waals surface area contributed by atoms with Crippen LogP contribution < -0.4 is 10.6 Å². The Kier molecular flexibility index (Phi) is 4.79. The van der Waals surface area contributed by atoms with Gasteiger partial charge in [-0.05, 0) is 53.7 Å². The Labute approximate surface area is 146 Å². The van der Waals surface area contributed by atoms with Gasteiger partial charge in [-0.1, -0.05) is 60.1 Å². The van der Waals surface area contributed by atoms with Crippen molar-refractivity contribution in [3.8, 4) is 0 Å². The number of thiocarbonyl (C=S) groups is 1. The van der Waals surface area contributed by atoms with E-state index in [9.17, 15) is 0 Å². The van der Waals surface area contributed by atoms with Crippen molar-refractivity contribution in [2.45, 2.75) is 13.0 Å². The molecule has 2 N–H and O–H groups in total. The molecule has 0 aliphatic heterocycles. The molecule has 2 nitrogen and oxygen atoms in total. The highest BCUT2D eigenvalue weighted by atomic mass is 35.5. The van der Waals surface area contributed by atoms with Gasteiger partial charge in [0.15, 0.2) is 5.11 Å². The van der Waals surface area contributed by atoms with Gasteiger partial charge in [0.05, 0.1) is 6.04 Å². The lowest BCUT2D eigenvalue weighted by atomic mass is 10.00. The normalized spacial score (nSPS) is 11.9. The molecule has 3 rings (SSSR count). The summed E-state index contributed by atoms with van der Waals surface area (Å²) < 4.78 is 0. The average Bonchev–Trinajstić information content (AvgIpc) is 2.54. The molecular formula is C19H17ClN2S. The van der Waals surface area contributed by atoms with Crippen molar-refractivity contribution >= 4 is 45.4 Å². The van der Waals surface area contributed by atoms with Gasteiger partial charge in [-0.2, -0.15) is 0 Å². The third-order valence-corrected chi connectivity index (χ3v) is 4.17. The minimum Gasteiger partial charge on any atom is -0.356 e. The molecule has 0 aliphatic carbocycles. The molecule has 0 unspecified atom stereocenters. The van der Waals surface area contributed by atoms with E-state index in [1.54, 1.807) is 0 Å². The number of anilines is 1. The van der Waals surface area contributed by atoms with Crippen LogP contribution in [0.2, 0.25) is 5.02 Å². The van der Waals surface area contributed by atoms with E-state index in [0.717, 1.165) is 5.69 Å². The molecule has 0 radical (unpaired) electrons. The molecular weight excluding hydrogens is 324 g/mol. The highest BCUT2D eigenvalue weighted by Crippen LogP contribution is 2.24. The number of rotatable bonds is 3. The summed E-state index contributed by atoms with van der Waals surface area (Å²) in [6, 6.07) is 22.3. The Morgan fingerprint density at radius 2 is 1.74 bits per heavy atom. The summed E-state index contributed by atoms with van der Waals surface area (Å²) in [5.74, 6) is 0. The van der Waals surface area contributed by atoms with Crippen LogP contribution in [0.15, 0.2) is 66.7 Å². The largest absolute Gasteiger partial charge is 0.356 e. The van der Waals surface area contributed by atoms with E-state index in [1.165, 1.54) is 16.3 Å². The summed E-state index contributed by atoms with van der Waals surface area (Å²) in [7, 11) is 0. The molecule has 0 saturated heterocycles. The maximum absolute atomic E-state index is 5.99. The van der Waals surface area contributed by atoms with Crippen LogP contribution in [0.1, 0.15) is 18.5 Å². The third-order valence-electron chi connectivity index (χ3n) is 3.72. The minimum atomic E-state index is 0.0975. The molecule has 0 aromatic heterocycles. The zero-order chi connectivity index (χ0) is 16.2. The fourth-order valence-corrected chi connectivity index (χ4v) is 3.12. The van der Waals surface area contributed by atoms with Gasteiger partial charge in [-0.25, -0.2) is 0 Å². The van der Waals surface area contributed by atoms with Gasteiger partial charge in [-0.15, -0.1) is 0 Å². The monoisotopic (exact) mass is 340 g/mol. The zero-order valence-corrected chi connectivity index (χ0v) is 14.3. The molecule has 1 atom stereocenters. The molecule has 0 spiro atoms. The van der Waals surface area contributed by atoms with Crippen LogP contribution in [0.4, 0.5) is 5.69 Å². The second kappa shape index (κ2) is 6.99. The first kappa shape index (κ1) is 15.8. The highest BCUT2D eigenvalue weighted by Gasteiger charge is 2.10. The standard InChI is InChI=1S/C19H17ClN2S/c1-13(17-11-4-7-14-6-2-3-10-18(14)17)21-19(23)22-16-9-5-8-15(20)12-16/h2-13H,1H3,(H2,21,22,23)/t13-/m0/s1. The highest BCUT2D eigenvalue weighted by molar-refractivity contribution is 7.80. The lowest BCUT2D eigenvalue weighted by molar-refractivity contribution is 0.729. The first-order valence-corrected chi connectivity index (χ1v) is 8.23. The van der Waals surface area contributed by atoms with Gasteiger partial charge >= 0.3 is 0 Å². The minimum absolute atomic E-state index is 0.0975. The van der Waals surface area contributed by atoms with Crippen molar-refractivity contribution < 1.29 is 0 Å². The summed E-state index contributed by atoms with van der Waals surface area (Å²) in [6.07, 6.45) is 0. The van der Waals surface area contributed by atoms with E-state index in [0.29, 0.717) is 10.1 Å². The molecule has 3 aromatic carbocycles.